The molecule has 4 nitrogen and oxygen atoms in total. The molecule has 0 aliphatic heterocycles. The fraction of sp³-hybridized carbons (Fsp3) is 0.158. The second kappa shape index (κ2) is 6.08. The third kappa shape index (κ3) is 3.16. The molecule has 0 fully saturated rings. The zero-order chi connectivity index (χ0) is 16.4. The van der Waals surface area contributed by atoms with Gasteiger partial charge in [0, 0.05) is 11.1 Å². The Morgan fingerprint density at radius 2 is 1.78 bits per heavy atom. The van der Waals surface area contributed by atoms with Gasteiger partial charge in [0.05, 0.1) is 23.9 Å². The van der Waals surface area contributed by atoms with Crippen LogP contribution in [0, 0.1) is 13.8 Å². The van der Waals surface area contributed by atoms with Crippen molar-refractivity contribution in [3.05, 3.63) is 65.4 Å². The summed E-state index contributed by atoms with van der Waals surface area (Å²) in [5.41, 5.74) is 4.06. The zero-order valence-electron chi connectivity index (χ0n) is 13.4. The van der Waals surface area contributed by atoms with Crippen LogP contribution in [-0.4, -0.2) is 18.0 Å². The lowest BCUT2D eigenvalue weighted by Crippen LogP contribution is -2.14. The van der Waals surface area contributed by atoms with Crippen LogP contribution in [0.2, 0.25) is 0 Å². The van der Waals surface area contributed by atoms with E-state index in [1.54, 1.807) is 7.11 Å². The number of aromatic nitrogens is 1. The fourth-order valence-electron chi connectivity index (χ4n) is 2.49. The lowest BCUT2D eigenvalue weighted by molar-refractivity contribution is 0.102. The molecule has 23 heavy (non-hydrogen) atoms. The number of amides is 1. The smallest absolute Gasteiger partial charge is 0.257 e. The van der Waals surface area contributed by atoms with Gasteiger partial charge < -0.3 is 10.1 Å². The predicted octanol–water partition coefficient (Wildman–Crippen LogP) is 4.11. The number of hydrogen-bond acceptors (Lipinski definition) is 3. The Balaban J connectivity index is 1.91. The number of nitrogens with zero attached hydrogens (tertiary/aromatic N) is 1. The molecule has 1 aromatic heterocycles. The first-order valence-corrected chi connectivity index (χ1v) is 7.40. The van der Waals surface area contributed by atoms with Gasteiger partial charge >= 0.3 is 0 Å². The van der Waals surface area contributed by atoms with Crippen molar-refractivity contribution in [1.82, 2.24) is 4.98 Å². The Morgan fingerprint density at radius 1 is 1.04 bits per heavy atom. The van der Waals surface area contributed by atoms with E-state index in [0.29, 0.717) is 11.3 Å². The van der Waals surface area contributed by atoms with Crippen LogP contribution >= 0.6 is 0 Å². The largest absolute Gasteiger partial charge is 0.497 e. The number of aryl methyl sites for hydroxylation is 2. The monoisotopic (exact) mass is 306 g/mol. The summed E-state index contributed by atoms with van der Waals surface area (Å²) in [6.45, 7) is 3.87. The van der Waals surface area contributed by atoms with Crippen molar-refractivity contribution in [3.63, 3.8) is 0 Å². The minimum Gasteiger partial charge on any atom is -0.497 e. The summed E-state index contributed by atoms with van der Waals surface area (Å²) in [6, 6.07) is 15.2. The van der Waals surface area contributed by atoms with Crippen molar-refractivity contribution in [2.45, 2.75) is 13.8 Å². The maximum atomic E-state index is 12.5. The van der Waals surface area contributed by atoms with E-state index in [-0.39, 0.29) is 5.91 Å². The van der Waals surface area contributed by atoms with Crippen LogP contribution in [0.15, 0.2) is 48.5 Å². The van der Waals surface area contributed by atoms with Crippen molar-refractivity contribution in [2.75, 3.05) is 12.4 Å². The van der Waals surface area contributed by atoms with Crippen LogP contribution in [-0.2, 0) is 0 Å². The molecule has 1 N–H and O–H groups in total. The van der Waals surface area contributed by atoms with E-state index in [2.05, 4.69) is 10.3 Å². The van der Waals surface area contributed by atoms with E-state index in [9.17, 15) is 4.79 Å². The molecule has 3 rings (SSSR count). The van der Waals surface area contributed by atoms with E-state index in [4.69, 9.17) is 4.74 Å². The molecule has 0 radical (unpaired) electrons. The molecule has 2 aromatic carbocycles. The molecule has 0 spiro atoms. The van der Waals surface area contributed by atoms with Gasteiger partial charge in [-0.05, 0) is 56.3 Å². The number of rotatable bonds is 3. The van der Waals surface area contributed by atoms with Crippen LogP contribution < -0.4 is 10.1 Å². The number of methoxy groups -OCH3 is 1. The van der Waals surface area contributed by atoms with Crippen LogP contribution in [0.3, 0.4) is 0 Å². The molecular formula is C19H18N2O2. The average Bonchev–Trinajstić information content (AvgIpc) is 2.55. The van der Waals surface area contributed by atoms with E-state index in [1.807, 2.05) is 62.4 Å². The van der Waals surface area contributed by atoms with Crippen molar-refractivity contribution in [2.24, 2.45) is 0 Å². The summed E-state index contributed by atoms with van der Waals surface area (Å²) in [7, 11) is 1.61. The first-order valence-electron chi connectivity index (χ1n) is 7.40. The van der Waals surface area contributed by atoms with E-state index in [0.717, 1.165) is 27.9 Å². The van der Waals surface area contributed by atoms with Crippen molar-refractivity contribution in [1.29, 1.82) is 0 Å². The van der Waals surface area contributed by atoms with Crippen LogP contribution in [0.4, 0.5) is 5.69 Å². The number of carbonyl (C=O) groups is 1. The standard InChI is InChI=1S/C19H18N2O2/c1-12-4-9-18-14(10-12)11-17(13(2)20-18)19(22)21-15-5-7-16(23-3)8-6-15/h4-11H,1-3H3,(H,21,22). The van der Waals surface area contributed by atoms with Crippen LogP contribution in [0.5, 0.6) is 5.75 Å². The highest BCUT2D eigenvalue weighted by Gasteiger charge is 2.12. The van der Waals surface area contributed by atoms with Crippen LogP contribution in [0.1, 0.15) is 21.6 Å². The molecule has 116 valence electrons. The molecule has 0 unspecified atom stereocenters. The number of anilines is 1. The number of pyridine rings is 1. The molecule has 0 atom stereocenters. The third-order valence-electron chi connectivity index (χ3n) is 3.75. The topological polar surface area (TPSA) is 51.2 Å². The summed E-state index contributed by atoms with van der Waals surface area (Å²) in [6.07, 6.45) is 0. The highest BCUT2D eigenvalue weighted by Crippen LogP contribution is 2.20. The molecule has 3 aromatic rings. The van der Waals surface area contributed by atoms with Gasteiger partial charge in [-0.1, -0.05) is 11.6 Å². The Kier molecular flexibility index (Phi) is 3.98. The predicted molar refractivity (Wildman–Crippen MR) is 92.2 cm³/mol. The Labute approximate surface area is 135 Å². The van der Waals surface area contributed by atoms with Gasteiger partial charge in [-0.2, -0.15) is 0 Å². The normalized spacial score (nSPS) is 10.6. The first-order chi connectivity index (χ1) is 11.1. The van der Waals surface area contributed by atoms with Crippen molar-refractivity contribution in [3.8, 4) is 5.75 Å². The highest BCUT2D eigenvalue weighted by atomic mass is 16.5. The Morgan fingerprint density at radius 3 is 2.48 bits per heavy atom. The maximum absolute atomic E-state index is 12.5. The number of carbonyl (C=O) groups excluding carboxylic acids is 1. The van der Waals surface area contributed by atoms with Crippen LogP contribution in [0.25, 0.3) is 10.9 Å². The lowest BCUT2D eigenvalue weighted by Gasteiger charge is -2.10. The van der Waals surface area contributed by atoms with Gasteiger partial charge in [0.1, 0.15) is 5.75 Å². The van der Waals surface area contributed by atoms with Crippen molar-refractivity contribution < 1.29 is 9.53 Å². The van der Waals surface area contributed by atoms with Crippen molar-refractivity contribution >= 4 is 22.5 Å². The zero-order valence-corrected chi connectivity index (χ0v) is 13.4. The first kappa shape index (κ1) is 15.0. The molecule has 0 bridgehead atoms. The van der Waals surface area contributed by atoms with Gasteiger partial charge in [-0.25, -0.2) is 0 Å². The van der Waals surface area contributed by atoms with Gasteiger partial charge in [-0.15, -0.1) is 0 Å². The molecule has 1 heterocycles. The second-order valence-electron chi connectivity index (χ2n) is 5.50. The number of ether oxygens (including phenoxy) is 1. The fourth-order valence-corrected chi connectivity index (χ4v) is 2.49. The van der Waals surface area contributed by atoms with E-state index >= 15 is 0 Å². The summed E-state index contributed by atoms with van der Waals surface area (Å²) >= 11 is 0. The van der Waals surface area contributed by atoms with Gasteiger partial charge in [-0.3, -0.25) is 9.78 Å². The highest BCUT2D eigenvalue weighted by molar-refractivity contribution is 6.06. The average molecular weight is 306 g/mol. The molecule has 1 amide bonds. The number of benzene rings is 2. The SMILES string of the molecule is COc1ccc(NC(=O)c2cc3cc(C)ccc3nc2C)cc1. The second-order valence-corrected chi connectivity index (χ2v) is 5.50. The minimum atomic E-state index is -0.163. The molecule has 0 aliphatic carbocycles. The van der Waals surface area contributed by atoms with E-state index in [1.165, 1.54) is 0 Å². The molecule has 4 heteroatoms. The summed E-state index contributed by atoms with van der Waals surface area (Å²) in [4.78, 5) is 17.1. The Bertz CT molecular complexity index is 870. The number of fused-ring (bicyclic) bond motifs is 1. The molecule has 0 saturated heterocycles. The number of nitrogens with one attached hydrogen (secondary N) is 1. The Hall–Kier alpha value is -2.88. The van der Waals surface area contributed by atoms with Gasteiger partial charge in [0.15, 0.2) is 0 Å². The molecular weight excluding hydrogens is 288 g/mol. The van der Waals surface area contributed by atoms with Gasteiger partial charge in [0.2, 0.25) is 0 Å². The summed E-state index contributed by atoms with van der Waals surface area (Å²) in [5, 5.41) is 3.86. The quantitative estimate of drug-likeness (QED) is 0.792. The molecule has 0 saturated carbocycles. The third-order valence-corrected chi connectivity index (χ3v) is 3.75. The maximum Gasteiger partial charge on any atom is 0.257 e. The van der Waals surface area contributed by atoms with E-state index < -0.39 is 0 Å². The lowest BCUT2D eigenvalue weighted by atomic mass is 10.1. The summed E-state index contributed by atoms with van der Waals surface area (Å²) in [5.74, 6) is 0.589. The number of hydrogen-bond donors (Lipinski definition) is 1. The summed E-state index contributed by atoms with van der Waals surface area (Å²) < 4.78 is 5.11. The molecule has 0 aliphatic rings. The van der Waals surface area contributed by atoms with Gasteiger partial charge in [0.25, 0.3) is 5.91 Å². The minimum absolute atomic E-state index is 0.163.